The van der Waals surface area contributed by atoms with E-state index in [1.807, 2.05) is 18.4 Å². The third kappa shape index (κ3) is 2.45. The molecule has 0 N–H and O–H groups in total. The average Bonchev–Trinajstić information content (AvgIpc) is 2.87. The molecule has 0 unspecified atom stereocenters. The van der Waals surface area contributed by atoms with Crippen molar-refractivity contribution in [2.75, 3.05) is 0 Å². The normalized spacial score (nSPS) is 10.9. The van der Waals surface area contributed by atoms with E-state index in [0.29, 0.717) is 21.9 Å². The summed E-state index contributed by atoms with van der Waals surface area (Å²) < 4.78 is 2.70. The van der Waals surface area contributed by atoms with Crippen molar-refractivity contribution in [3.8, 4) is 6.07 Å². The summed E-state index contributed by atoms with van der Waals surface area (Å²) in [5.74, 6) is 0. The van der Waals surface area contributed by atoms with Crippen LogP contribution >= 0.6 is 11.3 Å². The van der Waals surface area contributed by atoms with E-state index in [2.05, 4.69) is 10.1 Å². The summed E-state index contributed by atoms with van der Waals surface area (Å²) in [4.78, 5) is 29.4. The first-order chi connectivity index (χ1) is 10.9. The van der Waals surface area contributed by atoms with Gasteiger partial charge in [0.1, 0.15) is 11.6 Å². The molecular weight excluding hydrogens is 314 g/mol. The van der Waals surface area contributed by atoms with Gasteiger partial charge in [-0.25, -0.2) is 9.67 Å². The minimum Gasteiger partial charge on any atom is -0.269 e. The Kier molecular flexibility index (Phi) is 3.58. The third-order valence-corrected chi connectivity index (χ3v) is 4.63. The lowest BCUT2D eigenvalue weighted by Crippen LogP contribution is -2.29. The predicted molar refractivity (Wildman–Crippen MR) is 85.9 cm³/mol. The fraction of sp³-hybridized carbons (Fsp3) is 0.267. The van der Waals surface area contributed by atoms with Crippen LogP contribution in [0.3, 0.4) is 0 Å². The lowest BCUT2D eigenvalue weighted by molar-refractivity contribution is 0.612. The highest BCUT2D eigenvalue weighted by Gasteiger charge is 2.13. The van der Waals surface area contributed by atoms with E-state index in [0.717, 1.165) is 5.69 Å². The Hall–Kier alpha value is -2.79. The van der Waals surface area contributed by atoms with Crippen LogP contribution in [0.5, 0.6) is 0 Å². The largest absolute Gasteiger partial charge is 0.285 e. The van der Waals surface area contributed by atoms with Gasteiger partial charge in [0.25, 0.3) is 11.1 Å². The Labute approximate surface area is 135 Å². The molecule has 8 heteroatoms. The topological polar surface area (TPSA) is 93.0 Å². The van der Waals surface area contributed by atoms with Crippen LogP contribution in [0.4, 0.5) is 0 Å². The number of aryl methyl sites for hydroxylation is 2. The molecule has 0 saturated heterocycles. The molecule has 0 atom stereocenters. The van der Waals surface area contributed by atoms with Crippen molar-refractivity contribution in [2.24, 2.45) is 0 Å². The van der Waals surface area contributed by atoms with E-state index in [-0.39, 0.29) is 17.7 Å². The first-order valence-corrected chi connectivity index (χ1v) is 7.75. The molecule has 0 aliphatic heterocycles. The quantitative estimate of drug-likeness (QED) is 0.704. The molecule has 0 aliphatic rings. The first kappa shape index (κ1) is 15.1. The Morgan fingerprint density at radius 2 is 2.04 bits per heavy atom. The van der Waals surface area contributed by atoms with Crippen molar-refractivity contribution in [1.29, 1.82) is 5.26 Å². The number of aromatic nitrogens is 4. The van der Waals surface area contributed by atoms with Gasteiger partial charge in [-0.1, -0.05) is 0 Å². The molecule has 0 fully saturated rings. The van der Waals surface area contributed by atoms with Gasteiger partial charge in [0, 0.05) is 17.1 Å². The van der Waals surface area contributed by atoms with E-state index in [4.69, 9.17) is 5.26 Å². The Bertz CT molecular complexity index is 1080. The molecule has 116 valence electrons. The first-order valence-electron chi connectivity index (χ1n) is 6.87. The van der Waals surface area contributed by atoms with Gasteiger partial charge >= 0.3 is 0 Å². The second-order valence-corrected chi connectivity index (χ2v) is 6.08. The molecule has 0 spiro atoms. The number of fused-ring (bicyclic) bond motifs is 1. The van der Waals surface area contributed by atoms with Crippen molar-refractivity contribution in [3.63, 3.8) is 0 Å². The van der Waals surface area contributed by atoms with Gasteiger partial charge < -0.3 is 0 Å². The van der Waals surface area contributed by atoms with Gasteiger partial charge in [-0.15, -0.1) is 11.3 Å². The highest BCUT2D eigenvalue weighted by atomic mass is 32.1. The molecule has 0 amide bonds. The molecule has 0 saturated carbocycles. The van der Waals surface area contributed by atoms with E-state index in [1.54, 1.807) is 13.8 Å². The summed E-state index contributed by atoms with van der Waals surface area (Å²) in [7, 11) is 0. The van der Waals surface area contributed by atoms with Crippen LogP contribution in [0.2, 0.25) is 0 Å². The van der Waals surface area contributed by atoms with Crippen molar-refractivity contribution in [3.05, 3.63) is 60.4 Å². The summed E-state index contributed by atoms with van der Waals surface area (Å²) in [5.41, 5.74) is 1.85. The summed E-state index contributed by atoms with van der Waals surface area (Å²) in [5, 5.41) is 15.2. The van der Waals surface area contributed by atoms with Crippen LogP contribution in [0.25, 0.3) is 4.96 Å². The number of hydrogen-bond donors (Lipinski definition) is 0. The zero-order valence-electron chi connectivity index (χ0n) is 12.8. The number of rotatable bonds is 2. The second kappa shape index (κ2) is 5.44. The highest BCUT2D eigenvalue weighted by Crippen LogP contribution is 2.12. The van der Waals surface area contributed by atoms with Crippen LogP contribution in [0.15, 0.2) is 21.0 Å². The molecule has 23 heavy (non-hydrogen) atoms. The number of thiazole rings is 1. The van der Waals surface area contributed by atoms with Gasteiger partial charge in [-0.3, -0.25) is 14.0 Å². The lowest BCUT2D eigenvalue weighted by atomic mass is 10.1. The number of hydrogen-bond acceptors (Lipinski definition) is 6. The highest BCUT2D eigenvalue weighted by molar-refractivity contribution is 7.15. The fourth-order valence-electron chi connectivity index (χ4n) is 2.35. The predicted octanol–water partition coefficient (Wildman–Crippen LogP) is 1.16. The van der Waals surface area contributed by atoms with Crippen molar-refractivity contribution in [2.45, 2.75) is 27.3 Å². The van der Waals surface area contributed by atoms with Gasteiger partial charge in [0.15, 0.2) is 4.96 Å². The molecule has 3 aromatic heterocycles. The molecule has 0 bridgehead atoms. The zero-order chi connectivity index (χ0) is 16.7. The zero-order valence-corrected chi connectivity index (χ0v) is 13.6. The van der Waals surface area contributed by atoms with Crippen LogP contribution < -0.4 is 11.1 Å². The lowest BCUT2D eigenvalue weighted by Gasteiger charge is -2.08. The van der Waals surface area contributed by atoms with Gasteiger partial charge in [-0.2, -0.15) is 10.4 Å². The second-order valence-electron chi connectivity index (χ2n) is 5.24. The van der Waals surface area contributed by atoms with Crippen LogP contribution in [-0.4, -0.2) is 19.2 Å². The van der Waals surface area contributed by atoms with Crippen molar-refractivity contribution < 1.29 is 0 Å². The van der Waals surface area contributed by atoms with Crippen molar-refractivity contribution >= 4 is 16.3 Å². The molecule has 0 aromatic carbocycles. The minimum absolute atomic E-state index is 0.0529. The Morgan fingerprint density at radius 3 is 2.74 bits per heavy atom. The molecule has 3 heterocycles. The van der Waals surface area contributed by atoms with E-state index in [1.165, 1.54) is 26.5 Å². The maximum Gasteiger partial charge on any atom is 0.285 e. The molecule has 0 radical (unpaired) electrons. The standard InChI is InChI=1S/C15H13N5O2S/c1-8-7-23-15-17-11(4-13(21)20(8)15)6-19-14(22)12(5-16)9(2)10(3)18-19/h4,7H,6H2,1-3H3. The van der Waals surface area contributed by atoms with Gasteiger partial charge in [0.05, 0.1) is 17.9 Å². The SMILES string of the molecule is Cc1nn(Cc2cc(=O)n3c(C)csc3n2)c(=O)c(C#N)c1C. The summed E-state index contributed by atoms with van der Waals surface area (Å²) in [6.45, 7) is 5.32. The minimum atomic E-state index is -0.472. The molecule has 3 aromatic rings. The molecule has 7 nitrogen and oxygen atoms in total. The maximum absolute atomic E-state index is 12.3. The van der Waals surface area contributed by atoms with E-state index in [9.17, 15) is 9.59 Å². The smallest absolute Gasteiger partial charge is 0.269 e. The van der Waals surface area contributed by atoms with E-state index >= 15 is 0 Å². The molecule has 3 rings (SSSR count). The Balaban J connectivity index is 2.14. The average molecular weight is 327 g/mol. The Morgan fingerprint density at radius 1 is 1.30 bits per heavy atom. The van der Waals surface area contributed by atoms with Gasteiger partial charge in [-0.05, 0) is 26.3 Å². The maximum atomic E-state index is 12.3. The molecular formula is C15H13N5O2S. The monoisotopic (exact) mass is 327 g/mol. The van der Waals surface area contributed by atoms with Crippen LogP contribution in [0, 0.1) is 32.1 Å². The van der Waals surface area contributed by atoms with Crippen LogP contribution in [-0.2, 0) is 6.54 Å². The van der Waals surface area contributed by atoms with Gasteiger partial charge in [0.2, 0.25) is 0 Å². The van der Waals surface area contributed by atoms with Crippen LogP contribution in [0.1, 0.15) is 28.2 Å². The fourth-order valence-corrected chi connectivity index (χ4v) is 3.24. The number of nitriles is 1. The summed E-state index contributed by atoms with van der Waals surface area (Å²) >= 11 is 1.36. The third-order valence-electron chi connectivity index (χ3n) is 3.69. The van der Waals surface area contributed by atoms with E-state index < -0.39 is 5.56 Å². The summed E-state index contributed by atoms with van der Waals surface area (Å²) in [6, 6.07) is 3.31. The van der Waals surface area contributed by atoms with Crippen molar-refractivity contribution in [1.82, 2.24) is 19.2 Å². The number of nitrogens with zero attached hydrogens (tertiary/aromatic N) is 5. The summed E-state index contributed by atoms with van der Waals surface area (Å²) in [6.07, 6.45) is 0. The molecule has 0 aliphatic carbocycles.